The van der Waals surface area contributed by atoms with Crippen LogP contribution in [0.4, 0.5) is 11.4 Å². The van der Waals surface area contributed by atoms with Gasteiger partial charge in [0.05, 0.1) is 9.95 Å². The van der Waals surface area contributed by atoms with Crippen LogP contribution >= 0.6 is 39.7 Å². The van der Waals surface area contributed by atoms with Crippen LogP contribution in [0.15, 0.2) is 46.9 Å². The molecule has 0 saturated carbocycles. The number of nitrogens with zero attached hydrogens (tertiary/aromatic N) is 1. The highest BCUT2D eigenvalue weighted by molar-refractivity contribution is 9.10. The van der Waals surface area contributed by atoms with Gasteiger partial charge in [0.2, 0.25) is 0 Å². The van der Waals surface area contributed by atoms with Gasteiger partial charge in [-0.25, -0.2) is 0 Å². The van der Waals surface area contributed by atoms with E-state index in [4.69, 9.17) is 28.6 Å². The molecule has 27 heavy (non-hydrogen) atoms. The number of halogens is 2. The topological polar surface area (TPSA) is 106 Å². The number of anilines is 1. The zero-order valence-corrected chi connectivity index (χ0v) is 17.0. The molecule has 2 rings (SSSR count). The minimum Gasteiger partial charge on any atom is -0.479 e. The van der Waals surface area contributed by atoms with Crippen molar-refractivity contribution in [3.8, 4) is 5.75 Å². The molecule has 11 heteroatoms. The molecule has 2 aromatic rings. The maximum Gasteiger partial charge on any atom is 0.279 e. The van der Waals surface area contributed by atoms with Gasteiger partial charge in [-0.1, -0.05) is 27.5 Å². The standard InChI is InChI=1S/C16H14BrClN4O4S/c1-9(26-14-7-2-10(17)8-13(14)18)15(23)20-21-16(27)19-11-3-5-12(6-4-11)22(24)25/h2-9H,1H3,(H,20,23)(H2,19,21,27)/t9-/m1/s1. The number of hydrogen-bond acceptors (Lipinski definition) is 5. The van der Waals surface area contributed by atoms with Gasteiger partial charge in [-0.15, -0.1) is 0 Å². The number of hydrazine groups is 1. The Morgan fingerprint density at radius 3 is 2.52 bits per heavy atom. The summed E-state index contributed by atoms with van der Waals surface area (Å²) >= 11 is 14.4. The molecule has 0 spiro atoms. The summed E-state index contributed by atoms with van der Waals surface area (Å²) in [5.41, 5.74) is 5.42. The molecule has 0 aromatic heterocycles. The third kappa shape index (κ3) is 6.35. The van der Waals surface area contributed by atoms with Gasteiger partial charge in [0, 0.05) is 22.3 Å². The Morgan fingerprint density at radius 2 is 1.93 bits per heavy atom. The lowest BCUT2D eigenvalue weighted by molar-refractivity contribution is -0.384. The fourth-order valence-corrected chi connectivity index (χ4v) is 2.75. The van der Waals surface area contributed by atoms with Crippen molar-refractivity contribution in [1.29, 1.82) is 0 Å². The minimum absolute atomic E-state index is 0.0368. The van der Waals surface area contributed by atoms with Crippen LogP contribution in [0.3, 0.4) is 0 Å². The normalized spacial score (nSPS) is 11.2. The van der Waals surface area contributed by atoms with Gasteiger partial charge in [0.15, 0.2) is 11.2 Å². The number of ether oxygens (including phenoxy) is 1. The summed E-state index contributed by atoms with van der Waals surface area (Å²) in [6.07, 6.45) is -0.835. The third-order valence-corrected chi connectivity index (χ3v) is 4.19. The maximum absolute atomic E-state index is 12.1. The number of nitrogens with one attached hydrogen (secondary N) is 3. The number of nitro groups is 1. The largest absolute Gasteiger partial charge is 0.479 e. The number of nitro benzene ring substituents is 1. The molecule has 8 nitrogen and oxygen atoms in total. The molecule has 0 aliphatic carbocycles. The van der Waals surface area contributed by atoms with Gasteiger partial charge >= 0.3 is 0 Å². The molecular formula is C16H14BrClN4O4S. The quantitative estimate of drug-likeness (QED) is 0.345. The number of benzene rings is 2. The van der Waals surface area contributed by atoms with Crippen molar-refractivity contribution < 1.29 is 14.5 Å². The Kier molecular flexibility index (Phi) is 7.34. The highest BCUT2D eigenvalue weighted by Gasteiger charge is 2.16. The Balaban J connectivity index is 1.83. The number of carbonyl (C=O) groups excluding carboxylic acids is 1. The first kappa shape index (κ1) is 20.9. The van der Waals surface area contributed by atoms with Crippen LogP contribution in [-0.2, 0) is 4.79 Å². The van der Waals surface area contributed by atoms with E-state index in [1.165, 1.54) is 24.3 Å². The fraction of sp³-hybridized carbons (Fsp3) is 0.125. The summed E-state index contributed by atoms with van der Waals surface area (Å²) in [6.45, 7) is 1.56. The Labute approximate surface area is 173 Å². The van der Waals surface area contributed by atoms with E-state index in [1.54, 1.807) is 25.1 Å². The van der Waals surface area contributed by atoms with Crippen molar-refractivity contribution in [2.75, 3.05) is 5.32 Å². The number of non-ortho nitro benzene ring substituents is 1. The van der Waals surface area contributed by atoms with E-state index in [0.29, 0.717) is 16.5 Å². The molecule has 142 valence electrons. The van der Waals surface area contributed by atoms with Crippen LogP contribution < -0.4 is 20.9 Å². The number of hydrogen-bond donors (Lipinski definition) is 3. The molecule has 3 N–H and O–H groups in total. The van der Waals surface area contributed by atoms with Crippen molar-refractivity contribution in [3.05, 3.63) is 62.1 Å². The van der Waals surface area contributed by atoms with Crippen LogP contribution in [0, 0.1) is 10.1 Å². The number of rotatable bonds is 5. The van der Waals surface area contributed by atoms with Crippen LogP contribution in [0.5, 0.6) is 5.75 Å². The van der Waals surface area contributed by atoms with Gasteiger partial charge in [0.25, 0.3) is 11.6 Å². The second kappa shape index (κ2) is 9.49. The molecule has 0 radical (unpaired) electrons. The SMILES string of the molecule is C[C@@H](Oc1ccc(Br)cc1Cl)C(=O)NNC(=S)Nc1ccc([N+](=O)[O-])cc1. The van der Waals surface area contributed by atoms with Crippen LogP contribution in [0.2, 0.25) is 5.02 Å². The Morgan fingerprint density at radius 1 is 1.26 bits per heavy atom. The maximum atomic E-state index is 12.1. The molecule has 0 fully saturated rings. The van der Waals surface area contributed by atoms with E-state index in [1.807, 2.05) is 0 Å². The first-order valence-corrected chi connectivity index (χ1v) is 9.07. The second-order valence-corrected chi connectivity index (χ2v) is 6.94. The fourth-order valence-electron chi connectivity index (χ4n) is 1.86. The van der Waals surface area contributed by atoms with Crippen molar-refractivity contribution >= 4 is 62.1 Å². The lowest BCUT2D eigenvalue weighted by Gasteiger charge is -2.17. The van der Waals surface area contributed by atoms with Crippen LogP contribution in [0.1, 0.15) is 6.92 Å². The van der Waals surface area contributed by atoms with E-state index in [9.17, 15) is 14.9 Å². The predicted molar refractivity (Wildman–Crippen MR) is 110 cm³/mol. The summed E-state index contributed by atoms with van der Waals surface area (Å²) in [6, 6.07) is 10.7. The summed E-state index contributed by atoms with van der Waals surface area (Å²) in [5.74, 6) is -0.101. The van der Waals surface area contributed by atoms with Crippen molar-refractivity contribution in [1.82, 2.24) is 10.9 Å². The molecule has 1 amide bonds. The molecule has 0 aliphatic rings. The zero-order chi connectivity index (χ0) is 20.0. The van der Waals surface area contributed by atoms with E-state index in [0.717, 1.165) is 4.47 Å². The molecule has 2 aromatic carbocycles. The number of carbonyl (C=O) groups is 1. The lowest BCUT2D eigenvalue weighted by Crippen LogP contribution is -2.48. The van der Waals surface area contributed by atoms with Gasteiger partial charge in [0.1, 0.15) is 5.75 Å². The zero-order valence-electron chi connectivity index (χ0n) is 13.9. The second-order valence-electron chi connectivity index (χ2n) is 5.21. The van der Waals surface area contributed by atoms with Gasteiger partial charge in [-0.05, 0) is 49.5 Å². The van der Waals surface area contributed by atoms with E-state index >= 15 is 0 Å². The van der Waals surface area contributed by atoms with Crippen molar-refractivity contribution in [2.24, 2.45) is 0 Å². The monoisotopic (exact) mass is 472 g/mol. The highest BCUT2D eigenvalue weighted by atomic mass is 79.9. The first-order chi connectivity index (χ1) is 12.8. The Bertz CT molecular complexity index is 866. The lowest BCUT2D eigenvalue weighted by atomic mass is 10.3. The van der Waals surface area contributed by atoms with E-state index < -0.39 is 16.9 Å². The van der Waals surface area contributed by atoms with Gasteiger partial charge < -0.3 is 10.1 Å². The smallest absolute Gasteiger partial charge is 0.279 e. The molecule has 0 aliphatic heterocycles. The van der Waals surface area contributed by atoms with Gasteiger partial charge in [-0.3, -0.25) is 25.8 Å². The summed E-state index contributed by atoms with van der Waals surface area (Å²) in [4.78, 5) is 22.2. The third-order valence-electron chi connectivity index (χ3n) is 3.20. The molecule has 0 saturated heterocycles. The van der Waals surface area contributed by atoms with Crippen LogP contribution in [0.25, 0.3) is 0 Å². The van der Waals surface area contributed by atoms with Crippen LogP contribution in [-0.4, -0.2) is 22.0 Å². The number of thiocarbonyl (C=S) groups is 1. The molecule has 0 heterocycles. The van der Waals surface area contributed by atoms with E-state index in [2.05, 4.69) is 32.1 Å². The molecule has 0 bridgehead atoms. The average Bonchev–Trinajstić information content (AvgIpc) is 2.62. The van der Waals surface area contributed by atoms with E-state index in [-0.39, 0.29) is 10.8 Å². The average molecular weight is 474 g/mol. The van der Waals surface area contributed by atoms with Gasteiger partial charge in [-0.2, -0.15) is 0 Å². The molecule has 0 unspecified atom stereocenters. The van der Waals surface area contributed by atoms with Crippen molar-refractivity contribution in [2.45, 2.75) is 13.0 Å². The first-order valence-electron chi connectivity index (χ1n) is 7.49. The summed E-state index contributed by atoms with van der Waals surface area (Å²) in [7, 11) is 0. The Hall–Kier alpha value is -2.43. The highest BCUT2D eigenvalue weighted by Crippen LogP contribution is 2.28. The predicted octanol–water partition coefficient (Wildman–Crippen LogP) is 3.80. The van der Waals surface area contributed by atoms with Crippen molar-refractivity contribution in [3.63, 3.8) is 0 Å². The number of amides is 1. The summed E-state index contributed by atoms with van der Waals surface area (Å²) < 4.78 is 6.31. The minimum atomic E-state index is -0.835. The summed E-state index contributed by atoms with van der Waals surface area (Å²) in [5, 5.41) is 13.9. The molecular weight excluding hydrogens is 460 g/mol. The molecule has 1 atom stereocenters.